The normalized spacial score (nSPS) is 17.1. The number of hydrogen-bond donors (Lipinski definition) is 2. The smallest absolute Gasteiger partial charge is 0.191 e. The molecule has 146 valence electrons. The summed E-state index contributed by atoms with van der Waals surface area (Å²) < 4.78 is 11.2. The third-order valence-corrected chi connectivity index (χ3v) is 4.69. The van der Waals surface area contributed by atoms with Crippen molar-refractivity contribution in [2.24, 2.45) is 10.9 Å². The van der Waals surface area contributed by atoms with Crippen LogP contribution in [0.4, 0.5) is 0 Å². The molecule has 1 aliphatic rings. The minimum Gasteiger partial charge on any atom is -0.381 e. The van der Waals surface area contributed by atoms with Gasteiger partial charge < -0.3 is 20.1 Å². The van der Waals surface area contributed by atoms with Crippen LogP contribution in [0, 0.1) is 5.92 Å². The zero-order valence-electron chi connectivity index (χ0n) is 16.0. The summed E-state index contributed by atoms with van der Waals surface area (Å²) in [6, 6.07) is 8.04. The predicted octanol–water partition coefficient (Wildman–Crippen LogP) is 3.79. The number of halogens is 1. The molecule has 0 bridgehead atoms. The van der Waals surface area contributed by atoms with E-state index in [4.69, 9.17) is 21.1 Å². The van der Waals surface area contributed by atoms with Crippen LogP contribution in [0.5, 0.6) is 0 Å². The third-order valence-electron chi connectivity index (χ3n) is 4.46. The SMILES string of the molecule is CCNC(=NCCCOCC1CCOCC1)NC(C)c1cccc(Cl)c1. The Morgan fingerprint density at radius 2 is 2.19 bits per heavy atom. The van der Waals surface area contributed by atoms with Gasteiger partial charge in [0.1, 0.15) is 0 Å². The van der Waals surface area contributed by atoms with Gasteiger partial charge in [0.05, 0.1) is 6.04 Å². The molecule has 0 aromatic heterocycles. The molecule has 5 nitrogen and oxygen atoms in total. The second kappa shape index (κ2) is 12.2. The van der Waals surface area contributed by atoms with Crippen molar-refractivity contribution in [3.05, 3.63) is 34.9 Å². The van der Waals surface area contributed by atoms with E-state index in [0.29, 0.717) is 5.92 Å². The zero-order valence-corrected chi connectivity index (χ0v) is 16.7. The molecule has 0 aliphatic carbocycles. The van der Waals surface area contributed by atoms with Crippen LogP contribution >= 0.6 is 11.6 Å². The molecule has 6 heteroatoms. The number of nitrogens with one attached hydrogen (secondary N) is 2. The fourth-order valence-corrected chi connectivity index (χ4v) is 3.10. The third kappa shape index (κ3) is 7.94. The van der Waals surface area contributed by atoms with Crippen LogP contribution in [0.3, 0.4) is 0 Å². The van der Waals surface area contributed by atoms with Crippen molar-refractivity contribution in [2.75, 3.05) is 39.5 Å². The molecule has 0 amide bonds. The Labute approximate surface area is 162 Å². The molecule has 1 unspecified atom stereocenters. The highest BCUT2D eigenvalue weighted by atomic mass is 35.5. The lowest BCUT2D eigenvalue weighted by Crippen LogP contribution is -2.38. The van der Waals surface area contributed by atoms with E-state index in [2.05, 4.69) is 35.5 Å². The largest absolute Gasteiger partial charge is 0.381 e. The Balaban J connectivity index is 1.70. The van der Waals surface area contributed by atoms with Crippen molar-refractivity contribution in [3.63, 3.8) is 0 Å². The fraction of sp³-hybridized carbons (Fsp3) is 0.650. The lowest BCUT2D eigenvalue weighted by atomic mass is 10.0. The predicted molar refractivity (Wildman–Crippen MR) is 108 cm³/mol. The van der Waals surface area contributed by atoms with E-state index in [1.54, 1.807) is 0 Å². The van der Waals surface area contributed by atoms with Gasteiger partial charge in [0, 0.05) is 44.5 Å². The first-order valence-corrected chi connectivity index (χ1v) is 10.0. The van der Waals surface area contributed by atoms with Gasteiger partial charge >= 0.3 is 0 Å². The van der Waals surface area contributed by atoms with Gasteiger partial charge in [-0.2, -0.15) is 0 Å². The average Bonchev–Trinajstić information content (AvgIpc) is 2.65. The summed E-state index contributed by atoms with van der Waals surface area (Å²) in [5.74, 6) is 1.48. The number of hydrogen-bond acceptors (Lipinski definition) is 3. The fourth-order valence-electron chi connectivity index (χ4n) is 2.90. The highest BCUT2D eigenvalue weighted by molar-refractivity contribution is 6.30. The Bertz CT molecular complexity index is 548. The minimum atomic E-state index is 0.135. The second-order valence-corrected chi connectivity index (χ2v) is 7.10. The van der Waals surface area contributed by atoms with Crippen LogP contribution in [0.25, 0.3) is 0 Å². The summed E-state index contributed by atoms with van der Waals surface area (Å²) in [5.41, 5.74) is 1.14. The monoisotopic (exact) mass is 381 g/mol. The van der Waals surface area contributed by atoms with E-state index in [-0.39, 0.29) is 6.04 Å². The molecule has 1 saturated heterocycles. The summed E-state index contributed by atoms with van der Waals surface area (Å²) >= 11 is 6.08. The zero-order chi connectivity index (χ0) is 18.6. The molecule has 0 spiro atoms. The summed E-state index contributed by atoms with van der Waals surface area (Å²) in [4.78, 5) is 4.65. The van der Waals surface area contributed by atoms with Gasteiger partial charge in [-0.15, -0.1) is 0 Å². The molecule has 1 fully saturated rings. The summed E-state index contributed by atoms with van der Waals surface area (Å²) in [6.07, 6.45) is 3.16. The Hall–Kier alpha value is -1.30. The summed E-state index contributed by atoms with van der Waals surface area (Å²) in [5, 5.41) is 7.47. The van der Waals surface area contributed by atoms with Crippen LogP contribution < -0.4 is 10.6 Å². The average molecular weight is 382 g/mol. The highest BCUT2D eigenvalue weighted by Crippen LogP contribution is 2.17. The molecule has 1 aromatic rings. The van der Waals surface area contributed by atoms with Crippen molar-refractivity contribution >= 4 is 17.6 Å². The van der Waals surface area contributed by atoms with Gasteiger partial charge in [-0.3, -0.25) is 4.99 Å². The van der Waals surface area contributed by atoms with Crippen molar-refractivity contribution in [1.82, 2.24) is 10.6 Å². The van der Waals surface area contributed by atoms with Crippen LogP contribution in [-0.4, -0.2) is 45.5 Å². The first-order valence-electron chi connectivity index (χ1n) is 9.64. The molecule has 2 rings (SSSR count). The lowest BCUT2D eigenvalue weighted by Gasteiger charge is -2.21. The van der Waals surface area contributed by atoms with Crippen LogP contribution in [0.2, 0.25) is 5.02 Å². The second-order valence-electron chi connectivity index (χ2n) is 6.67. The van der Waals surface area contributed by atoms with Gasteiger partial charge in [0.2, 0.25) is 0 Å². The molecular formula is C20H32ClN3O2. The van der Waals surface area contributed by atoms with Gasteiger partial charge in [0.25, 0.3) is 0 Å². The topological polar surface area (TPSA) is 54.9 Å². The van der Waals surface area contributed by atoms with E-state index >= 15 is 0 Å². The first-order chi connectivity index (χ1) is 12.7. The Kier molecular flexibility index (Phi) is 9.82. The maximum Gasteiger partial charge on any atom is 0.191 e. The highest BCUT2D eigenvalue weighted by Gasteiger charge is 2.13. The Morgan fingerprint density at radius 3 is 2.92 bits per heavy atom. The maximum absolute atomic E-state index is 6.08. The van der Waals surface area contributed by atoms with E-state index in [1.165, 1.54) is 0 Å². The van der Waals surface area contributed by atoms with E-state index in [1.807, 2.05) is 18.2 Å². The molecule has 1 aliphatic heterocycles. The molecule has 0 radical (unpaired) electrons. The van der Waals surface area contributed by atoms with E-state index < -0.39 is 0 Å². The molecule has 1 aromatic carbocycles. The van der Waals surface area contributed by atoms with Crippen LogP contribution in [-0.2, 0) is 9.47 Å². The standard InChI is InChI=1S/C20H32ClN3O2/c1-3-22-20(24-16(2)18-6-4-7-19(21)14-18)23-10-5-11-26-15-17-8-12-25-13-9-17/h4,6-7,14,16-17H,3,5,8-13,15H2,1-2H3,(H2,22,23,24). The van der Waals surface area contributed by atoms with E-state index in [9.17, 15) is 0 Å². The summed E-state index contributed by atoms with van der Waals surface area (Å²) in [7, 11) is 0. The van der Waals surface area contributed by atoms with Crippen molar-refractivity contribution in [2.45, 2.75) is 39.2 Å². The molecule has 0 saturated carbocycles. The quantitative estimate of drug-likeness (QED) is 0.388. The number of rotatable bonds is 9. The number of guanidine groups is 1. The van der Waals surface area contributed by atoms with Crippen molar-refractivity contribution in [1.29, 1.82) is 0 Å². The van der Waals surface area contributed by atoms with Crippen LogP contribution in [0.15, 0.2) is 29.3 Å². The van der Waals surface area contributed by atoms with Crippen molar-refractivity contribution < 1.29 is 9.47 Å². The molecular weight excluding hydrogens is 350 g/mol. The maximum atomic E-state index is 6.08. The van der Waals surface area contributed by atoms with E-state index in [0.717, 1.165) is 75.3 Å². The number of benzene rings is 1. The molecule has 2 N–H and O–H groups in total. The van der Waals surface area contributed by atoms with Gasteiger partial charge in [0.15, 0.2) is 5.96 Å². The van der Waals surface area contributed by atoms with Gasteiger partial charge in [-0.1, -0.05) is 23.7 Å². The lowest BCUT2D eigenvalue weighted by molar-refractivity contribution is 0.0205. The van der Waals surface area contributed by atoms with Crippen LogP contribution in [0.1, 0.15) is 44.7 Å². The Morgan fingerprint density at radius 1 is 1.38 bits per heavy atom. The molecule has 1 atom stereocenters. The van der Waals surface area contributed by atoms with Crippen molar-refractivity contribution in [3.8, 4) is 0 Å². The number of aliphatic imine (C=N–C) groups is 1. The minimum absolute atomic E-state index is 0.135. The molecule has 1 heterocycles. The first kappa shape index (κ1) is 21.0. The van der Waals surface area contributed by atoms with Gasteiger partial charge in [-0.05, 0) is 56.7 Å². The summed E-state index contributed by atoms with van der Waals surface area (Å²) in [6.45, 7) is 9.09. The number of ether oxygens (including phenoxy) is 2. The van der Waals surface area contributed by atoms with Gasteiger partial charge in [-0.25, -0.2) is 0 Å². The number of nitrogens with zero attached hydrogens (tertiary/aromatic N) is 1. The molecule has 26 heavy (non-hydrogen) atoms.